The number of aromatic nitrogens is 2. The highest BCUT2D eigenvalue weighted by atomic mass is 19.1. The second-order valence-corrected chi connectivity index (χ2v) is 5.59. The topological polar surface area (TPSA) is 55.3 Å². The fraction of sp³-hybridized carbons (Fsp3) is 0.278. The number of benzene rings is 1. The highest BCUT2D eigenvalue weighted by molar-refractivity contribution is 5.87. The minimum absolute atomic E-state index is 0.0942. The van der Waals surface area contributed by atoms with Crippen molar-refractivity contribution < 1.29 is 13.9 Å². The SMILES string of the molecule is O=C(C=Cc1ccc(F)cc1)OC1CCN(c2cccnn2)CC1. The minimum Gasteiger partial charge on any atom is -0.459 e. The van der Waals surface area contributed by atoms with E-state index < -0.39 is 0 Å². The average molecular weight is 327 g/mol. The molecule has 0 radical (unpaired) electrons. The lowest BCUT2D eigenvalue weighted by molar-refractivity contribution is -0.143. The number of rotatable bonds is 4. The van der Waals surface area contributed by atoms with Gasteiger partial charge in [0.15, 0.2) is 5.82 Å². The van der Waals surface area contributed by atoms with Crippen molar-refractivity contribution in [2.24, 2.45) is 0 Å². The van der Waals surface area contributed by atoms with Gasteiger partial charge in [-0.15, -0.1) is 5.10 Å². The Labute approximate surface area is 139 Å². The monoisotopic (exact) mass is 327 g/mol. The number of esters is 1. The van der Waals surface area contributed by atoms with Gasteiger partial charge in [0.1, 0.15) is 11.9 Å². The lowest BCUT2D eigenvalue weighted by Crippen LogP contribution is -2.38. The summed E-state index contributed by atoms with van der Waals surface area (Å²) in [6.45, 7) is 1.55. The van der Waals surface area contributed by atoms with Crippen LogP contribution in [0.4, 0.5) is 10.2 Å². The average Bonchev–Trinajstić information content (AvgIpc) is 2.63. The molecule has 0 saturated carbocycles. The van der Waals surface area contributed by atoms with E-state index in [1.54, 1.807) is 24.4 Å². The lowest BCUT2D eigenvalue weighted by atomic mass is 10.1. The number of carbonyl (C=O) groups excluding carboxylic acids is 1. The number of ether oxygens (including phenoxy) is 1. The molecule has 1 aliphatic heterocycles. The molecule has 0 amide bonds. The molecule has 24 heavy (non-hydrogen) atoms. The third kappa shape index (κ3) is 4.38. The van der Waals surface area contributed by atoms with E-state index in [-0.39, 0.29) is 17.9 Å². The van der Waals surface area contributed by atoms with Gasteiger partial charge >= 0.3 is 5.97 Å². The van der Waals surface area contributed by atoms with Crippen LogP contribution in [0, 0.1) is 5.82 Å². The number of nitrogens with zero attached hydrogens (tertiary/aromatic N) is 3. The third-order valence-corrected chi connectivity index (χ3v) is 3.89. The maximum atomic E-state index is 12.8. The van der Waals surface area contributed by atoms with Crippen LogP contribution in [0.5, 0.6) is 0 Å². The van der Waals surface area contributed by atoms with E-state index in [9.17, 15) is 9.18 Å². The summed E-state index contributed by atoms with van der Waals surface area (Å²) in [7, 11) is 0. The van der Waals surface area contributed by atoms with Crippen LogP contribution in [-0.4, -0.2) is 35.4 Å². The predicted octanol–water partition coefficient (Wildman–Crippen LogP) is 2.84. The summed E-state index contributed by atoms with van der Waals surface area (Å²) in [5.41, 5.74) is 0.755. The van der Waals surface area contributed by atoms with Crippen LogP contribution in [0.2, 0.25) is 0 Å². The Hall–Kier alpha value is -2.76. The van der Waals surface area contributed by atoms with Crippen molar-refractivity contribution in [2.75, 3.05) is 18.0 Å². The zero-order valence-corrected chi connectivity index (χ0v) is 13.1. The maximum Gasteiger partial charge on any atom is 0.331 e. The molecular weight excluding hydrogens is 309 g/mol. The van der Waals surface area contributed by atoms with Crippen LogP contribution >= 0.6 is 0 Å². The van der Waals surface area contributed by atoms with Crippen LogP contribution in [0.1, 0.15) is 18.4 Å². The largest absolute Gasteiger partial charge is 0.459 e. The van der Waals surface area contributed by atoms with Crippen molar-refractivity contribution in [3.05, 3.63) is 60.1 Å². The standard InChI is InChI=1S/C18H18FN3O2/c19-15-6-3-14(4-7-15)5-8-18(23)24-16-9-12-22(13-10-16)17-2-1-11-20-21-17/h1-8,11,16H,9-10,12-13H2. The first-order chi connectivity index (χ1) is 11.7. The van der Waals surface area contributed by atoms with Gasteiger partial charge in [0.2, 0.25) is 0 Å². The van der Waals surface area contributed by atoms with Crippen LogP contribution in [0.25, 0.3) is 6.08 Å². The van der Waals surface area contributed by atoms with Crippen LogP contribution in [0.15, 0.2) is 48.7 Å². The van der Waals surface area contributed by atoms with E-state index in [0.717, 1.165) is 37.3 Å². The fourth-order valence-corrected chi connectivity index (χ4v) is 2.61. The van der Waals surface area contributed by atoms with Gasteiger partial charge in [-0.1, -0.05) is 12.1 Å². The Kier molecular flexibility index (Phi) is 5.15. The zero-order valence-electron chi connectivity index (χ0n) is 13.1. The van der Waals surface area contributed by atoms with Crippen LogP contribution < -0.4 is 4.90 Å². The van der Waals surface area contributed by atoms with E-state index in [4.69, 9.17) is 4.74 Å². The number of halogens is 1. The molecule has 1 aromatic carbocycles. The second-order valence-electron chi connectivity index (χ2n) is 5.59. The van der Waals surface area contributed by atoms with E-state index in [0.29, 0.717) is 0 Å². The molecule has 124 valence electrons. The lowest BCUT2D eigenvalue weighted by Gasteiger charge is -2.31. The smallest absolute Gasteiger partial charge is 0.331 e. The molecule has 1 aliphatic rings. The molecule has 1 saturated heterocycles. The van der Waals surface area contributed by atoms with Crippen molar-refractivity contribution in [3.63, 3.8) is 0 Å². The normalized spacial score (nSPS) is 15.6. The maximum absolute atomic E-state index is 12.8. The van der Waals surface area contributed by atoms with Crippen molar-refractivity contribution >= 4 is 17.9 Å². The molecule has 0 aliphatic carbocycles. The number of hydrogen-bond acceptors (Lipinski definition) is 5. The third-order valence-electron chi connectivity index (χ3n) is 3.89. The number of piperidine rings is 1. The number of carbonyl (C=O) groups is 1. The molecule has 2 heterocycles. The van der Waals surface area contributed by atoms with Gasteiger partial charge in [-0.3, -0.25) is 0 Å². The summed E-state index contributed by atoms with van der Waals surface area (Å²) in [5.74, 6) is 0.167. The summed E-state index contributed by atoms with van der Waals surface area (Å²) in [6, 6.07) is 9.71. The van der Waals surface area contributed by atoms with Gasteiger partial charge in [0.25, 0.3) is 0 Å². The molecule has 1 aromatic heterocycles. The summed E-state index contributed by atoms with van der Waals surface area (Å²) in [4.78, 5) is 14.0. The molecule has 3 rings (SSSR count). The fourth-order valence-electron chi connectivity index (χ4n) is 2.61. The number of anilines is 1. The quantitative estimate of drug-likeness (QED) is 0.638. The van der Waals surface area contributed by atoms with E-state index in [1.165, 1.54) is 18.2 Å². The molecule has 0 N–H and O–H groups in total. The Morgan fingerprint density at radius 2 is 1.96 bits per heavy atom. The number of hydrogen-bond donors (Lipinski definition) is 0. The minimum atomic E-state index is -0.378. The van der Waals surface area contributed by atoms with Gasteiger partial charge in [0.05, 0.1) is 0 Å². The Balaban J connectivity index is 1.47. The summed E-state index contributed by atoms with van der Waals surface area (Å²) in [6.07, 6.45) is 6.06. The van der Waals surface area contributed by atoms with Crippen molar-refractivity contribution in [2.45, 2.75) is 18.9 Å². The van der Waals surface area contributed by atoms with Gasteiger partial charge < -0.3 is 9.64 Å². The molecule has 1 fully saturated rings. The van der Waals surface area contributed by atoms with E-state index in [2.05, 4.69) is 15.1 Å². The Morgan fingerprint density at radius 1 is 1.21 bits per heavy atom. The van der Waals surface area contributed by atoms with Gasteiger partial charge in [-0.2, -0.15) is 5.10 Å². The van der Waals surface area contributed by atoms with Gasteiger partial charge in [-0.25, -0.2) is 9.18 Å². The first-order valence-corrected chi connectivity index (χ1v) is 7.87. The summed E-state index contributed by atoms with van der Waals surface area (Å²) >= 11 is 0. The summed E-state index contributed by atoms with van der Waals surface area (Å²) in [5, 5.41) is 7.96. The van der Waals surface area contributed by atoms with Crippen LogP contribution in [0.3, 0.4) is 0 Å². The Bertz CT molecular complexity index is 696. The Morgan fingerprint density at radius 3 is 2.62 bits per heavy atom. The summed E-state index contributed by atoms with van der Waals surface area (Å²) < 4.78 is 18.3. The molecule has 5 nitrogen and oxygen atoms in total. The van der Waals surface area contributed by atoms with Crippen LogP contribution in [-0.2, 0) is 9.53 Å². The van der Waals surface area contributed by atoms with Crippen molar-refractivity contribution in [3.8, 4) is 0 Å². The van der Waals surface area contributed by atoms with Crippen molar-refractivity contribution in [1.82, 2.24) is 10.2 Å². The highest BCUT2D eigenvalue weighted by Crippen LogP contribution is 2.19. The second kappa shape index (κ2) is 7.68. The van der Waals surface area contributed by atoms with E-state index >= 15 is 0 Å². The molecular formula is C18H18FN3O2. The molecule has 6 heteroatoms. The molecule has 2 aromatic rings. The first kappa shape index (κ1) is 16.1. The molecule has 0 atom stereocenters. The van der Waals surface area contributed by atoms with Gasteiger partial charge in [-0.05, 0) is 35.9 Å². The first-order valence-electron chi connectivity index (χ1n) is 7.87. The molecule has 0 unspecified atom stereocenters. The highest BCUT2D eigenvalue weighted by Gasteiger charge is 2.22. The predicted molar refractivity (Wildman–Crippen MR) is 88.8 cm³/mol. The molecule has 0 bridgehead atoms. The van der Waals surface area contributed by atoms with E-state index in [1.807, 2.05) is 12.1 Å². The molecule has 0 spiro atoms. The zero-order chi connectivity index (χ0) is 16.8. The van der Waals surface area contributed by atoms with Crippen molar-refractivity contribution in [1.29, 1.82) is 0 Å². The van der Waals surface area contributed by atoms with Gasteiger partial charge in [0, 0.05) is 38.2 Å².